The van der Waals surface area contributed by atoms with Crippen LogP contribution in [0.3, 0.4) is 0 Å². The Morgan fingerprint density at radius 3 is 2.10 bits per heavy atom. The Labute approximate surface area is 240 Å². The van der Waals surface area contributed by atoms with Crippen LogP contribution < -0.4 is 5.32 Å². The quantitative estimate of drug-likeness (QED) is 0.272. The van der Waals surface area contributed by atoms with Gasteiger partial charge in [-0.05, 0) is 36.4 Å². The van der Waals surface area contributed by atoms with E-state index in [0.29, 0.717) is 27.9 Å². The molecule has 1 aliphatic rings. The number of aromatic nitrogens is 4. The van der Waals surface area contributed by atoms with Gasteiger partial charge in [-0.2, -0.15) is 0 Å². The Hall–Kier alpha value is -5.42. The number of nitrogens with zero attached hydrogens (tertiary/aromatic N) is 4. The lowest BCUT2D eigenvalue weighted by molar-refractivity contribution is -0.0563. The third-order valence-corrected chi connectivity index (χ3v) is 6.77. The molecule has 210 valence electrons. The molecule has 0 saturated carbocycles. The molecule has 3 aromatic carbocycles. The van der Waals surface area contributed by atoms with Gasteiger partial charge in [0.1, 0.15) is 31.4 Å². The van der Waals surface area contributed by atoms with Crippen molar-refractivity contribution in [1.82, 2.24) is 19.5 Å². The van der Waals surface area contributed by atoms with Crippen LogP contribution in [-0.2, 0) is 14.2 Å². The molecule has 3 atom stereocenters. The molecule has 0 unspecified atom stereocenters. The third kappa shape index (κ3) is 5.72. The van der Waals surface area contributed by atoms with E-state index in [0.717, 1.165) is 0 Å². The summed E-state index contributed by atoms with van der Waals surface area (Å²) in [6.45, 7) is -0.142. The standard InChI is InChI=1S/C31H25N5O6/c37-29(20-10-4-1-5-11-20)35-27-26-28(33-18-32-27)36(19-34-26)25-16-23(42-31(39)22-14-8-3-9-15-22)24(41-25)17-40-30(38)21-12-6-2-7-13-21/h1-15,18-19,23-25H,16-17H2,(H,32,33,35,37)/t23-,24+,25+/m0/s1. The summed E-state index contributed by atoms with van der Waals surface area (Å²) in [4.78, 5) is 51.3. The number of esters is 2. The van der Waals surface area contributed by atoms with E-state index in [1.165, 1.54) is 12.7 Å². The molecule has 0 bridgehead atoms. The van der Waals surface area contributed by atoms with Crippen LogP contribution in [0.2, 0.25) is 0 Å². The first-order chi connectivity index (χ1) is 20.6. The number of imidazole rings is 1. The fourth-order valence-corrected chi connectivity index (χ4v) is 4.66. The second-order valence-corrected chi connectivity index (χ2v) is 9.51. The fourth-order valence-electron chi connectivity index (χ4n) is 4.66. The molecule has 1 fully saturated rings. The van der Waals surface area contributed by atoms with E-state index in [1.54, 1.807) is 89.5 Å². The molecule has 1 N–H and O–H groups in total. The molecular formula is C31H25N5O6. The van der Waals surface area contributed by atoms with Gasteiger partial charge in [-0.15, -0.1) is 0 Å². The minimum absolute atomic E-state index is 0.142. The SMILES string of the molecule is O=C(Nc1ncnc2c1ncn2[C@H]1C[C@H](OC(=O)c2ccccc2)[C@@H](COC(=O)c2ccccc2)O1)c1ccccc1. The highest BCUT2D eigenvalue weighted by atomic mass is 16.6. The number of amides is 1. The predicted octanol–water partition coefficient (Wildman–Crippen LogP) is 4.45. The van der Waals surface area contributed by atoms with Gasteiger partial charge in [0.2, 0.25) is 0 Å². The van der Waals surface area contributed by atoms with E-state index in [1.807, 2.05) is 6.07 Å². The van der Waals surface area contributed by atoms with Crippen molar-refractivity contribution in [3.05, 3.63) is 120 Å². The first-order valence-corrected chi connectivity index (χ1v) is 13.2. The Balaban J connectivity index is 1.23. The average molecular weight is 564 g/mol. The lowest BCUT2D eigenvalue weighted by atomic mass is 10.1. The smallest absolute Gasteiger partial charge is 0.338 e. The normalized spacial score (nSPS) is 18.0. The van der Waals surface area contributed by atoms with Crippen LogP contribution >= 0.6 is 0 Å². The summed E-state index contributed by atoms with van der Waals surface area (Å²) in [5.41, 5.74) is 2.03. The first-order valence-electron chi connectivity index (χ1n) is 13.2. The topological polar surface area (TPSA) is 135 Å². The Bertz CT molecular complexity index is 1710. The molecule has 0 spiro atoms. The number of ether oxygens (including phenoxy) is 3. The molecule has 1 saturated heterocycles. The zero-order valence-corrected chi connectivity index (χ0v) is 22.2. The van der Waals surface area contributed by atoms with Crippen molar-refractivity contribution in [3.8, 4) is 0 Å². The summed E-state index contributed by atoms with van der Waals surface area (Å²) in [6.07, 6.45) is 0.942. The summed E-state index contributed by atoms with van der Waals surface area (Å²) in [7, 11) is 0. The monoisotopic (exact) mass is 563 g/mol. The Kier molecular flexibility index (Phi) is 7.64. The summed E-state index contributed by atoms with van der Waals surface area (Å²) in [6, 6.07) is 26.0. The molecule has 11 heteroatoms. The molecule has 5 aromatic rings. The number of fused-ring (bicyclic) bond motifs is 1. The van der Waals surface area contributed by atoms with Gasteiger partial charge in [-0.25, -0.2) is 24.5 Å². The molecule has 0 aliphatic carbocycles. The lowest BCUT2D eigenvalue weighted by Gasteiger charge is -2.19. The van der Waals surface area contributed by atoms with Crippen LogP contribution in [0.5, 0.6) is 0 Å². The maximum absolute atomic E-state index is 12.9. The highest BCUT2D eigenvalue weighted by Crippen LogP contribution is 2.34. The molecule has 11 nitrogen and oxygen atoms in total. The maximum atomic E-state index is 12.9. The van der Waals surface area contributed by atoms with Crippen LogP contribution in [-0.4, -0.2) is 56.2 Å². The summed E-state index contributed by atoms with van der Waals surface area (Å²) in [5, 5.41) is 2.78. The summed E-state index contributed by atoms with van der Waals surface area (Å²) in [5.74, 6) is -1.13. The van der Waals surface area contributed by atoms with Gasteiger partial charge in [0.15, 0.2) is 17.0 Å². The molecule has 42 heavy (non-hydrogen) atoms. The minimum atomic E-state index is -0.758. The van der Waals surface area contributed by atoms with Crippen molar-refractivity contribution in [3.63, 3.8) is 0 Å². The van der Waals surface area contributed by atoms with E-state index >= 15 is 0 Å². The van der Waals surface area contributed by atoms with Crippen LogP contribution in [0.1, 0.15) is 43.7 Å². The number of carbonyl (C=O) groups is 3. The van der Waals surface area contributed by atoms with Gasteiger partial charge in [0, 0.05) is 12.0 Å². The highest BCUT2D eigenvalue weighted by Gasteiger charge is 2.40. The van der Waals surface area contributed by atoms with E-state index in [2.05, 4.69) is 20.3 Å². The van der Waals surface area contributed by atoms with Crippen molar-refractivity contribution in [2.75, 3.05) is 11.9 Å². The number of nitrogens with one attached hydrogen (secondary N) is 1. The van der Waals surface area contributed by atoms with Gasteiger partial charge < -0.3 is 19.5 Å². The number of hydrogen-bond donors (Lipinski definition) is 1. The predicted molar refractivity (Wildman–Crippen MR) is 151 cm³/mol. The van der Waals surface area contributed by atoms with Crippen molar-refractivity contribution in [2.45, 2.75) is 24.9 Å². The number of anilines is 1. The zero-order valence-electron chi connectivity index (χ0n) is 22.2. The van der Waals surface area contributed by atoms with Gasteiger partial charge in [-0.3, -0.25) is 9.36 Å². The molecule has 1 aliphatic heterocycles. The molecular weight excluding hydrogens is 538 g/mol. The van der Waals surface area contributed by atoms with E-state index in [4.69, 9.17) is 14.2 Å². The van der Waals surface area contributed by atoms with Crippen LogP contribution in [0.4, 0.5) is 5.82 Å². The Morgan fingerprint density at radius 2 is 1.43 bits per heavy atom. The highest BCUT2D eigenvalue weighted by molar-refractivity contribution is 6.06. The number of carbonyl (C=O) groups excluding carboxylic acids is 3. The number of hydrogen-bond acceptors (Lipinski definition) is 9. The minimum Gasteiger partial charge on any atom is -0.459 e. The largest absolute Gasteiger partial charge is 0.459 e. The number of benzene rings is 3. The van der Waals surface area contributed by atoms with Gasteiger partial charge in [0.05, 0.1) is 17.5 Å². The lowest BCUT2D eigenvalue weighted by Crippen LogP contribution is -2.32. The van der Waals surface area contributed by atoms with Crippen LogP contribution in [0, 0.1) is 0 Å². The van der Waals surface area contributed by atoms with Crippen molar-refractivity contribution in [2.24, 2.45) is 0 Å². The van der Waals surface area contributed by atoms with E-state index in [-0.39, 0.29) is 24.8 Å². The fraction of sp³-hybridized carbons (Fsp3) is 0.161. The summed E-state index contributed by atoms with van der Waals surface area (Å²) < 4.78 is 19.3. The van der Waals surface area contributed by atoms with Crippen LogP contribution in [0.15, 0.2) is 104 Å². The van der Waals surface area contributed by atoms with Gasteiger partial charge in [-0.1, -0.05) is 54.6 Å². The number of rotatable bonds is 8. The molecule has 3 heterocycles. The average Bonchev–Trinajstić information content (AvgIpc) is 3.65. The van der Waals surface area contributed by atoms with Crippen molar-refractivity contribution < 1.29 is 28.6 Å². The van der Waals surface area contributed by atoms with E-state index < -0.39 is 30.4 Å². The van der Waals surface area contributed by atoms with Crippen LogP contribution in [0.25, 0.3) is 11.2 Å². The molecule has 6 rings (SSSR count). The third-order valence-electron chi connectivity index (χ3n) is 6.77. The first kappa shape index (κ1) is 26.8. The van der Waals surface area contributed by atoms with Gasteiger partial charge in [0.25, 0.3) is 5.91 Å². The van der Waals surface area contributed by atoms with Gasteiger partial charge >= 0.3 is 11.9 Å². The van der Waals surface area contributed by atoms with E-state index in [9.17, 15) is 14.4 Å². The Morgan fingerprint density at radius 1 is 0.810 bits per heavy atom. The maximum Gasteiger partial charge on any atom is 0.338 e. The molecule has 0 radical (unpaired) electrons. The molecule has 1 amide bonds. The second-order valence-electron chi connectivity index (χ2n) is 9.51. The second kappa shape index (κ2) is 12.0. The van der Waals surface area contributed by atoms with Crippen molar-refractivity contribution >= 4 is 34.8 Å². The zero-order chi connectivity index (χ0) is 28.9. The van der Waals surface area contributed by atoms with Crippen molar-refractivity contribution in [1.29, 1.82) is 0 Å². The molecule has 2 aromatic heterocycles. The summed E-state index contributed by atoms with van der Waals surface area (Å²) >= 11 is 0.